The van der Waals surface area contributed by atoms with Crippen LogP contribution in [0.4, 0.5) is 0 Å². The molecule has 0 radical (unpaired) electrons. The smallest absolute Gasteiger partial charge is 0.290 e. The van der Waals surface area contributed by atoms with Crippen molar-refractivity contribution in [2.75, 3.05) is 27.2 Å². The van der Waals surface area contributed by atoms with Gasteiger partial charge in [0.1, 0.15) is 5.75 Å². The molecule has 0 saturated carbocycles. The minimum Gasteiger partial charge on any atom is -0.497 e. The number of carbonyl (C=O) groups is 2. The number of ether oxygens (including phenoxy) is 1. The number of nitrogens with one attached hydrogen (secondary N) is 2. The molecule has 1 amide bonds. The van der Waals surface area contributed by atoms with Crippen LogP contribution in [0.2, 0.25) is 0 Å². The van der Waals surface area contributed by atoms with Crippen molar-refractivity contribution in [1.29, 1.82) is 0 Å². The monoisotopic (exact) mass is 478 g/mol. The van der Waals surface area contributed by atoms with E-state index in [1.807, 2.05) is 78.0 Å². The topological polar surface area (TPSA) is 87.7 Å². The number of methoxy groups -OCH3 is 1. The Morgan fingerprint density at radius 1 is 1.09 bits per heavy atom. The third kappa shape index (κ3) is 39.4. The molecule has 0 aliphatic heterocycles. The lowest BCUT2D eigenvalue weighted by molar-refractivity contribution is -0.123. The highest BCUT2D eigenvalue weighted by Crippen LogP contribution is 2.11. The largest absolute Gasteiger partial charge is 0.497 e. The lowest BCUT2D eigenvalue weighted by Crippen LogP contribution is -2.33. The molecule has 34 heavy (non-hydrogen) atoms. The second-order valence-electron chi connectivity index (χ2n) is 5.62. The third-order valence-corrected chi connectivity index (χ3v) is 3.18. The summed E-state index contributed by atoms with van der Waals surface area (Å²) in [4.78, 5) is 19.5. The van der Waals surface area contributed by atoms with Crippen LogP contribution < -0.4 is 15.4 Å². The molecule has 0 spiro atoms. The highest BCUT2D eigenvalue weighted by molar-refractivity contribution is 5.77. The molecule has 0 aliphatic carbocycles. The van der Waals surface area contributed by atoms with Crippen molar-refractivity contribution in [2.24, 2.45) is 0 Å². The molecule has 1 aromatic carbocycles. The van der Waals surface area contributed by atoms with Crippen molar-refractivity contribution in [2.45, 2.75) is 54.9 Å². The normalized spacial score (nSPS) is 8.68. The molecule has 0 heterocycles. The molecular weight excluding hydrogens is 428 g/mol. The Balaban J connectivity index is -0.000000130. The van der Waals surface area contributed by atoms with Crippen molar-refractivity contribution >= 4 is 12.4 Å². The first-order valence-corrected chi connectivity index (χ1v) is 11.5. The van der Waals surface area contributed by atoms with E-state index >= 15 is 0 Å². The molecule has 0 atom stereocenters. The van der Waals surface area contributed by atoms with Gasteiger partial charge in [0.05, 0.1) is 13.7 Å². The number of allylic oxidation sites excluding steroid dienone is 6. The number of benzene rings is 1. The van der Waals surface area contributed by atoms with Crippen LogP contribution in [0, 0.1) is 0 Å². The molecule has 6 heteroatoms. The fraction of sp³-hybridized carbons (Fsp3) is 0.429. The van der Waals surface area contributed by atoms with E-state index in [0.717, 1.165) is 12.2 Å². The van der Waals surface area contributed by atoms with Crippen molar-refractivity contribution in [3.8, 4) is 5.75 Å². The number of carbonyl (C=O) groups excluding carboxylic acids is 1. The summed E-state index contributed by atoms with van der Waals surface area (Å²) in [6.07, 6.45) is 10.4. The third-order valence-electron chi connectivity index (χ3n) is 3.18. The minimum absolute atomic E-state index is 0.0241. The van der Waals surface area contributed by atoms with Gasteiger partial charge >= 0.3 is 0 Å². The van der Waals surface area contributed by atoms with Crippen LogP contribution in [0.1, 0.15) is 54.0 Å². The van der Waals surface area contributed by atoms with Crippen LogP contribution in [0.15, 0.2) is 73.4 Å². The van der Waals surface area contributed by atoms with E-state index < -0.39 is 0 Å². The molecule has 1 rings (SSSR count). The molecule has 0 bridgehead atoms. The highest BCUT2D eigenvalue weighted by Gasteiger charge is 1.98. The number of likely N-dealkylation sites (N-methyl/N-ethyl adjacent to an activating group) is 1. The van der Waals surface area contributed by atoms with Crippen LogP contribution >= 0.6 is 0 Å². The van der Waals surface area contributed by atoms with E-state index in [1.54, 1.807) is 26.3 Å². The van der Waals surface area contributed by atoms with Crippen LogP contribution in [-0.2, 0) is 16.0 Å². The first-order valence-electron chi connectivity index (χ1n) is 11.5. The van der Waals surface area contributed by atoms with Crippen molar-refractivity contribution in [1.82, 2.24) is 10.6 Å². The number of hydrogen-bond donors (Lipinski definition) is 3. The Morgan fingerprint density at radius 2 is 1.56 bits per heavy atom. The average Bonchev–Trinajstić information content (AvgIpc) is 2.87. The molecule has 196 valence electrons. The van der Waals surface area contributed by atoms with Gasteiger partial charge < -0.3 is 20.5 Å². The quantitative estimate of drug-likeness (QED) is 0.235. The van der Waals surface area contributed by atoms with Crippen LogP contribution in [-0.4, -0.2) is 44.7 Å². The van der Waals surface area contributed by atoms with Crippen LogP contribution in [0.5, 0.6) is 5.75 Å². The van der Waals surface area contributed by atoms with Gasteiger partial charge in [-0.05, 0) is 51.9 Å². The Kier molecular flexibility index (Phi) is 48.7. The molecule has 0 fully saturated rings. The predicted molar refractivity (Wildman–Crippen MR) is 150 cm³/mol. The summed E-state index contributed by atoms with van der Waals surface area (Å²) in [5, 5.41) is 12.5. The fourth-order valence-corrected chi connectivity index (χ4v) is 1.68. The second-order valence-corrected chi connectivity index (χ2v) is 5.62. The van der Waals surface area contributed by atoms with Crippen molar-refractivity contribution in [3.63, 3.8) is 0 Å². The average molecular weight is 479 g/mol. The summed E-state index contributed by atoms with van der Waals surface area (Å²) in [6.45, 7) is 21.6. The van der Waals surface area contributed by atoms with Gasteiger partial charge in [0.25, 0.3) is 6.47 Å². The van der Waals surface area contributed by atoms with Gasteiger partial charge in [0.15, 0.2) is 0 Å². The number of rotatable bonds is 8. The Labute approximate surface area is 209 Å². The molecule has 0 aromatic heterocycles. The minimum atomic E-state index is -0.250. The van der Waals surface area contributed by atoms with Gasteiger partial charge in [-0.3, -0.25) is 9.59 Å². The van der Waals surface area contributed by atoms with Gasteiger partial charge in [-0.2, -0.15) is 0 Å². The maximum absolute atomic E-state index is 11.1. The predicted octanol–water partition coefficient (Wildman–Crippen LogP) is 6.21. The summed E-state index contributed by atoms with van der Waals surface area (Å²) in [7, 11) is 3.40. The zero-order chi connectivity index (χ0) is 27.6. The Hall–Kier alpha value is -3.12. The van der Waals surface area contributed by atoms with Gasteiger partial charge in [0.2, 0.25) is 5.91 Å². The standard InChI is InChI=1S/C12H18N2O2.C8H12.C3H6.2C2H6.CH2O2/c1-13-9-12(15)14-8-7-10-3-5-11(16-2)6-4-10;1-4-6-7-8(3)5-2;1-3-2;2*1-2;2-1-3/h3-6,13H,7-9H2,1-2H3,(H,14,15);4-7H,1H2,2-3H3;3H,1H2,2H3;2*1-2H3;1H,(H,2,3)/b;7-6-,8-5-;;;;. The first kappa shape index (κ1) is 41.2. The molecule has 6 nitrogen and oxygen atoms in total. The Morgan fingerprint density at radius 3 is 1.91 bits per heavy atom. The van der Waals surface area contributed by atoms with E-state index in [-0.39, 0.29) is 12.4 Å². The lowest BCUT2D eigenvalue weighted by atomic mass is 10.1. The van der Waals surface area contributed by atoms with E-state index in [2.05, 4.69) is 36.8 Å². The number of amides is 1. The van der Waals surface area contributed by atoms with Gasteiger partial charge in [0, 0.05) is 6.54 Å². The Bertz CT molecular complexity index is 616. The zero-order valence-electron chi connectivity index (χ0n) is 23.0. The van der Waals surface area contributed by atoms with E-state index in [9.17, 15) is 4.79 Å². The van der Waals surface area contributed by atoms with E-state index in [1.165, 1.54) is 11.1 Å². The molecule has 0 aliphatic rings. The summed E-state index contributed by atoms with van der Waals surface area (Å²) >= 11 is 0. The summed E-state index contributed by atoms with van der Waals surface area (Å²) in [5.74, 6) is 0.874. The molecule has 0 unspecified atom stereocenters. The summed E-state index contributed by atoms with van der Waals surface area (Å²) in [6, 6.07) is 7.85. The zero-order valence-corrected chi connectivity index (χ0v) is 23.0. The molecule has 1 aromatic rings. The second kappa shape index (κ2) is 40.3. The molecule has 0 saturated heterocycles. The molecule has 3 N–H and O–H groups in total. The fourth-order valence-electron chi connectivity index (χ4n) is 1.68. The van der Waals surface area contributed by atoms with Crippen molar-refractivity contribution < 1.29 is 19.4 Å². The highest BCUT2D eigenvalue weighted by atomic mass is 16.5. The van der Waals surface area contributed by atoms with E-state index in [0.29, 0.717) is 13.1 Å². The van der Waals surface area contributed by atoms with Crippen LogP contribution in [0.25, 0.3) is 0 Å². The van der Waals surface area contributed by atoms with Gasteiger partial charge in [-0.15, -0.1) is 6.58 Å². The summed E-state index contributed by atoms with van der Waals surface area (Å²) < 4.78 is 5.07. The van der Waals surface area contributed by atoms with Gasteiger partial charge in [-0.1, -0.05) is 82.4 Å². The first-order chi connectivity index (χ1) is 16.4. The SMILES string of the molecule is C=C/C=C\C(C)=C/C.C=CC.CC.CC.CNCC(=O)NCCc1ccc(OC)cc1.O=CO. The number of carboxylic acid groups (broad SMARTS) is 1. The molecular formula is C28H50N2O4. The maximum Gasteiger partial charge on any atom is 0.290 e. The van der Waals surface area contributed by atoms with E-state index in [4.69, 9.17) is 14.6 Å². The van der Waals surface area contributed by atoms with Gasteiger partial charge in [-0.25, -0.2) is 0 Å². The maximum atomic E-state index is 11.1. The van der Waals surface area contributed by atoms with Crippen LogP contribution in [0.3, 0.4) is 0 Å². The van der Waals surface area contributed by atoms with Crippen molar-refractivity contribution in [3.05, 3.63) is 78.9 Å². The lowest BCUT2D eigenvalue weighted by Gasteiger charge is -2.05. The number of hydrogen-bond acceptors (Lipinski definition) is 4. The summed E-state index contributed by atoms with van der Waals surface area (Å²) in [5.41, 5.74) is 2.45.